The van der Waals surface area contributed by atoms with Crippen LogP contribution in [0.15, 0.2) is 23.3 Å². The van der Waals surface area contributed by atoms with Gasteiger partial charge in [0.2, 0.25) is 0 Å². The lowest BCUT2D eigenvalue weighted by Gasteiger charge is -2.34. The monoisotopic (exact) mass is 310 g/mol. The first kappa shape index (κ1) is 14.9. The average molecular weight is 310 g/mol. The lowest BCUT2D eigenvalue weighted by Crippen LogP contribution is -2.34. The molecule has 0 aromatic heterocycles. The zero-order valence-corrected chi connectivity index (χ0v) is 14.4. The van der Waals surface area contributed by atoms with Crippen LogP contribution in [0.5, 0.6) is 0 Å². The molecule has 2 fully saturated rings. The number of rotatable bonds is 2. The van der Waals surface area contributed by atoms with Crippen molar-refractivity contribution < 1.29 is 4.79 Å². The maximum absolute atomic E-state index is 12.5. The van der Waals surface area contributed by atoms with Crippen LogP contribution in [0.4, 0.5) is 0 Å². The molecule has 1 amide bonds. The molecular weight excluding hydrogens is 284 g/mol. The van der Waals surface area contributed by atoms with E-state index in [1.165, 1.54) is 36.1 Å². The zero-order chi connectivity index (χ0) is 16.2. The number of fused-ring (bicyclic) bond motifs is 3. The Morgan fingerprint density at radius 2 is 2.00 bits per heavy atom. The van der Waals surface area contributed by atoms with Gasteiger partial charge < -0.3 is 0 Å². The molecule has 1 aromatic carbocycles. The van der Waals surface area contributed by atoms with Gasteiger partial charge in [0.15, 0.2) is 0 Å². The van der Waals surface area contributed by atoms with Crippen LogP contribution in [-0.2, 0) is 12.8 Å². The van der Waals surface area contributed by atoms with Crippen molar-refractivity contribution in [3.63, 3.8) is 0 Å². The van der Waals surface area contributed by atoms with Gasteiger partial charge >= 0.3 is 0 Å². The Bertz CT molecular complexity index is 704. The van der Waals surface area contributed by atoms with E-state index in [1.54, 1.807) is 0 Å². The topological polar surface area (TPSA) is 41.5 Å². The molecule has 122 valence electrons. The number of carbonyl (C=O) groups is 1. The molecule has 0 aliphatic heterocycles. The van der Waals surface area contributed by atoms with Gasteiger partial charge in [0.1, 0.15) is 0 Å². The van der Waals surface area contributed by atoms with Crippen LogP contribution in [0.25, 0.3) is 0 Å². The number of amides is 1. The van der Waals surface area contributed by atoms with E-state index in [0.717, 1.165) is 24.8 Å². The van der Waals surface area contributed by atoms with Crippen molar-refractivity contribution in [2.75, 3.05) is 0 Å². The van der Waals surface area contributed by atoms with E-state index in [1.807, 2.05) is 12.1 Å². The molecule has 1 N–H and O–H groups in total. The summed E-state index contributed by atoms with van der Waals surface area (Å²) >= 11 is 0. The molecule has 3 heteroatoms. The zero-order valence-electron chi connectivity index (χ0n) is 14.4. The van der Waals surface area contributed by atoms with Crippen molar-refractivity contribution >= 4 is 11.6 Å². The Morgan fingerprint density at radius 3 is 2.70 bits per heavy atom. The molecule has 23 heavy (non-hydrogen) atoms. The summed E-state index contributed by atoms with van der Waals surface area (Å²) in [6.07, 6.45) is 6.97. The Hall–Kier alpha value is -1.64. The van der Waals surface area contributed by atoms with Gasteiger partial charge in [0, 0.05) is 16.7 Å². The van der Waals surface area contributed by atoms with E-state index in [9.17, 15) is 4.79 Å². The number of nitrogens with zero attached hydrogens (tertiary/aromatic N) is 1. The molecule has 2 atom stereocenters. The van der Waals surface area contributed by atoms with Gasteiger partial charge in [-0.05, 0) is 73.1 Å². The Balaban J connectivity index is 1.52. The predicted octanol–water partition coefficient (Wildman–Crippen LogP) is 4.11. The van der Waals surface area contributed by atoms with Crippen LogP contribution in [0.1, 0.15) is 67.9 Å². The summed E-state index contributed by atoms with van der Waals surface area (Å²) in [7, 11) is 0. The second-order valence-electron chi connectivity index (χ2n) is 8.33. The average Bonchev–Trinajstić information content (AvgIpc) is 3.13. The van der Waals surface area contributed by atoms with E-state index in [4.69, 9.17) is 0 Å². The first-order chi connectivity index (χ1) is 10.9. The highest BCUT2D eigenvalue weighted by atomic mass is 16.2. The van der Waals surface area contributed by atoms with E-state index < -0.39 is 0 Å². The standard InChI is InChI=1S/C20H26N2O/c1-19(2)16-9-10-20(19,3)17(12-16)21-22-18(23)15-8-7-13-5-4-6-14(13)11-15/h7-8,11,16H,4-6,9-10,12H2,1-3H3,(H,22,23)/b21-17+/t16-,20-/m0/s1. The molecule has 2 saturated carbocycles. The number of benzene rings is 1. The summed E-state index contributed by atoms with van der Waals surface area (Å²) in [6, 6.07) is 6.09. The third-order valence-electron chi connectivity index (χ3n) is 7.17. The minimum absolute atomic E-state index is 0.0728. The summed E-state index contributed by atoms with van der Waals surface area (Å²) in [5.74, 6) is 0.638. The molecule has 0 unspecified atom stereocenters. The smallest absolute Gasteiger partial charge is 0.267 e. The number of hydrazone groups is 1. The van der Waals surface area contributed by atoms with Crippen molar-refractivity contribution in [2.24, 2.45) is 21.8 Å². The van der Waals surface area contributed by atoms with Crippen molar-refractivity contribution in [3.05, 3.63) is 34.9 Å². The number of aryl methyl sites for hydroxylation is 2. The fourth-order valence-corrected chi connectivity index (χ4v) is 4.99. The van der Waals surface area contributed by atoms with Gasteiger partial charge in [0.25, 0.3) is 5.91 Å². The maximum Gasteiger partial charge on any atom is 0.271 e. The Kier molecular flexibility index (Phi) is 3.20. The second-order valence-corrected chi connectivity index (χ2v) is 8.33. The fraction of sp³-hybridized carbons (Fsp3) is 0.600. The summed E-state index contributed by atoms with van der Waals surface area (Å²) in [5.41, 5.74) is 7.92. The lowest BCUT2D eigenvalue weighted by molar-refractivity contribution is 0.0954. The van der Waals surface area contributed by atoms with Crippen molar-refractivity contribution in [1.82, 2.24) is 5.43 Å². The van der Waals surface area contributed by atoms with Crippen LogP contribution in [0, 0.1) is 16.7 Å². The van der Waals surface area contributed by atoms with Crippen molar-refractivity contribution in [1.29, 1.82) is 0 Å². The molecular formula is C20H26N2O. The van der Waals surface area contributed by atoms with Crippen LogP contribution in [0.2, 0.25) is 0 Å². The summed E-state index contributed by atoms with van der Waals surface area (Å²) in [6.45, 7) is 7.03. The first-order valence-corrected chi connectivity index (χ1v) is 8.91. The Morgan fingerprint density at radius 1 is 1.22 bits per heavy atom. The van der Waals surface area contributed by atoms with Gasteiger partial charge in [-0.1, -0.05) is 26.8 Å². The Labute approximate surface area is 138 Å². The predicted molar refractivity (Wildman–Crippen MR) is 92.6 cm³/mol. The van der Waals surface area contributed by atoms with Crippen molar-refractivity contribution in [3.8, 4) is 0 Å². The molecule has 0 spiro atoms. The SMILES string of the molecule is CC1(C)[C@H]2CC[C@@]1(C)/C(=N/NC(=O)c1ccc3c(c1)CCC3)C2. The second kappa shape index (κ2) is 4.93. The van der Waals surface area contributed by atoms with E-state index >= 15 is 0 Å². The molecule has 3 aliphatic rings. The highest BCUT2D eigenvalue weighted by molar-refractivity contribution is 5.98. The number of hydrogen-bond acceptors (Lipinski definition) is 2. The summed E-state index contributed by atoms with van der Waals surface area (Å²) in [4.78, 5) is 12.5. The molecule has 0 heterocycles. The van der Waals surface area contributed by atoms with Gasteiger partial charge in [-0.2, -0.15) is 5.10 Å². The largest absolute Gasteiger partial charge is 0.271 e. The number of nitrogens with one attached hydrogen (secondary N) is 1. The van der Waals surface area contributed by atoms with E-state index in [-0.39, 0.29) is 11.3 Å². The van der Waals surface area contributed by atoms with Crippen LogP contribution in [0.3, 0.4) is 0 Å². The summed E-state index contributed by atoms with van der Waals surface area (Å²) in [5, 5.41) is 4.56. The van der Waals surface area contributed by atoms with Crippen LogP contribution >= 0.6 is 0 Å². The van der Waals surface area contributed by atoms with Gasteiger partial charge in [-0.3, -0.25) is 4.79 Å². The quantitative estimate of drug-likeness (QED) is 0.821. The normalized spacial score (nSPS) is 32.3. The summed E-state index contributed by atoms with van der Waals surface area (Å²) < 4.78 is 0. The molecule has 0 radical (unpaired) electrons. The number of hydrogen-bond donors (Lipinski definition) is 1. The molecule has 3 nitrogen and oxygen atoms in total. The van der Waals surface area contributed by atoms with Gasteiger partial charge in [-0.25, -0.2) is 5.43 Å². The lowest BCUT2D eigenvalue weighted by atomic mass is 9.70. The minimum atomic E-state index is -0.0728. The van der Waals surface area contributed by atoms with Crippen LogP contribution in [-0.4, -0.2) is 11.6 Å². The fourth-order valence-electron chi connectivity index (χ4n) is 4.99. The van der Waals surface area contributed by atoms with E-state index in [0.29, 0.717) is 11.3 Å². The van der Waals surface area contributed by atoms with Gasteiger partial charge in [-0.15, -0.1) is 0 Å². The first-order valence-electron chi connectivity index (χ1n) is 8.91. The van der Waals surface area contributed by atoms with E-state index in [2.05, 4.69) is 37.4 Å². The third kappa shape index (κ3) is 2.09. The molecule has 4 rings (SSSR count). The maximum atomic E-state index is 12.5. The minimum Gasteiger partial charge on any atom is -0.267 e. The number of carbonyl (C=O) groups excluding carboxylic acids is 1. The molecule has 1 aromatic rings. The van der Waals surface area contributed by atoms with Crippen molar-refractivity contribution in [2.45, 2.75) is 59.3 Å². The third-order valence-corrected chi connectivity index (χ3v) is 7.17. The van der Waals surface area contributed by atoms with Gasteiger partial charge in [0.05, 0.1) is 0 Å². The molecule has 3 aliphatic carbocycles. The molecule has 0 saturated heterocycles. The van der Waals surface area contributed by atoms with Crippen LogP contribution < -0.4 is 5.43 Å². The molecule has 2 bridgehead atoms. The highest BCUT2D eigenvalue weighted by Gasteiger charge is 2.60. The highest BCUT2D eigenvalue weighted by Crippen LogP contribution is 2.63.